The van der Waals surface area contributed by atoms with Crippen molar-refractivity contribution < 1.29 is 14.3 Å². The Morgan fingerprint density at radius 2 is 2.04 bits per heavy atom. The molecule has 2 heterocycles. The first-order valence-corrected chi connectivity index (χ1v) is 8.35. The predicted molar refractivity (Wildman–Crippen MR) is 96.4 cm³/mol. The van der Waals surface area contributed by atoms with Gasteiger partial charge in [0.05, 0.1) is 0 Å². The minimum atomic E-state index is -0.314. The third-order valence-electron chi connectivity index (χ3n) is 4.58. The van der Waals surface area contributed by atoms with Crippen molar-refractivity contribution in [3.63, 3.8) is 0 Å². The Morgan fingerprint density at radius 1 is 1.35 bits per heavy atom. The maximum Gasteiger partial charge on any atom is 0.274 e. The smallest absolute Gasteiger partial charge is 0.274 e. The van der Waals surface area contributed by atoms with E-state index in [9.17, 15) is 14.3 Å². The fourth-order valence-corrected chi connectivity index (χ4v) is 3.26. The Hall–Kier alpha value is -3.03. The summed E-state index contributed by atoms with van der Waals surface area (Å²) in [6, 6.07) is 6.05. The molecule has 0 radical (unpaired) electrons. The summed E-state index contributed by atoms with van der Waals surface area (Å²) in [4.78, 5) is 14.5. The van der Waals surface area contributed by atoms with Gasteiger partial charge >= 0.3 is 0 Å². The first-order valence-electron chi connectivity index (χ1n) is 8.35. The zero-order valence-electron chi connectivity index (χ0n) is 14.8. The number of benzene rings is 1. The molecule has 0 saturated carbocycles. The number of amidine groups is 1. The number of hydrogen-bond acceptors (Lipinski definition) is 4. The van der Waals surface area contributed by atoms with Crippen LogP contribution in [-0.2, 0) is 19.5 Å². The molecule has 8 heteroatoms. The Labute approximate surface area is 150 Å². The van der Waals surface area contributed by atoms with Crippen LogP contribution in [0.4, 0.5) is 4.39 Å². The lowest BCUT2D eigenvalue weighted by atomic mass is 10.1. The lowest BCUT2D eigenvalue weighted by Gasteiger charge is -2.29. The largest absolute Gasteiger partial charge is 0.505 e. The van der Waals surface area contributed by atoms with Gasteiger partial charge < -0.3 is 25.7 Å². The van der Waals surface area contributed by atoms with Crippen LogP contribution >= 0.6 is 0 Å². The number of aromatic nitrogens is 1. The molecule has 0 aliphatic carbocycles. The molecule has 4 N–H and O–H groups in total. The van der Waals surface area contributed by atoms with Crippen LogP contribution in [0.25, 0.3) is 0 Å². The summed E-state index contributed by atoms with van der Waals surface area (Å²) in [6.45, 7) is 3.17. The molecule has 0 saturated heterocycles. The van der Waals surface area contributed by atoms with Gasteiger partial charge in [-0.2, -0.15) is 5.10 Å². The molecule has 1 aliphatic rings. The Morgan fingerprint density at radius 3 is 2.69 bits per heavy atom. The van der Waals surface area contributed by atoms with Crippen LogP contribution < -0.4 is 11.2 Å². The monoisotopic (exact) mass is 359 g/mol. The van der Waals surface area contributed by atoms with Gasteiger partial charge in [0.1, 0.15) is 23.1 Å². The number of nitrogens with two attached hydrogens (primary N) is 1. The highest BCUT2D eigenvalue weighted by Gasteiger charge is 2.32. The Kier molecular flexibility index (Phi) is 4.83. The molecular formula is C18H22FN5O2. The molecule has 0 fully saturated rings. The highest BCUT2D eigenvalue weighted by Crippen LogP contribution is 2.33. The van der Waals surface area contributed by atoms with E-state index in [-0.39, 0.29) is 23.2 Å². The van der Waals surface area contributed by atoms with Crippen LogP contribution in [0.2, 0.25) is 0 Å². The van der Waals surface area contributed by atoms with Crippen molar-refractivity contribution in [1.29, 1.82) is 0 Å². The molecule has 2 aromatic rings. The van der Waals surface area contributed by atoms with E-state index in [1.165, 1.54) is 12.1 Å². The topological polar surface area (TPSA) is 95.9 Å². The first kappa shape index (κ1) is 17.8. The molecule has 0 bridgehead atoms. The summed E-state index contributed by atoms with van der Waals surface area (Å²) in [7, 11) is 1.65. The quantitative estimate of drug-likeness (QED) is 0.426. The highest BCUT2D eigenvalue weighted by atomic mass is 19.1. The molecule has 1 amide bonds. The normalized spacial score (nSPS) is 14.5. The van der Waals surface area contributed by atoms with E-state index in [0.29, 0.717) is 37.5 Å². The Balaban J connectivity index is 1.88. The summed E-state index contributed by atoms with van der Waals surface area (Å²) < 4.78 is 14.9. The van der Waals surface area contributed by atoms with E-state index in [1.807, 2.05) is 4.57 Å². The van der Waals surface area contributed by atoms with Crippen LogP contribution in [-0.4, -0.2) is 39.9 Å². The van der Waals surface area contributed by atoms with E-state index >= 15 is 0 Å². The maximum absolute atomic E-state index is 13.1. The molecule has 0 unspecified atom stereocenters. The number of nitrogens with one attached hydrogen (secondary N) is 1. The standard InChI is InChI=1S/C18H22FN5O2/c1-11-14(9-15(20)22-21-2)24-8-7-23(18(26)16(24)17(11)25)10-12-3-5-13(19)6-4-12/h3-6,21,25H,7-10H2,1-2H3,(H2,20,22). The number of carbonyl (C=O) groups excluding carboxylic acids is 1. The van der Waals surface area contributed by atoms with Crippen molar-refractivity contribution in [3.05, 3.63) is 52.6 Å². The number of nitrogens with zero attached hydrogens (tertiary/aromatic N) is 3. The van der Waals surface area contributed by atoms with Gasteiger partial charge in [-0.3, -0.25) is 4.79 Å². The Bertz CT molecular complexity index is 857. The molecule has 1 aromatic heterocycles. The van der Waals surface area contributed by atoms with Gasteiger partial charge in [0.15, 0.2) is 0 Å². The number of aromatic hydroxyl groups is 1. The van der Waals surface area contributed by atoms with Gasteiger partial charge in [-0.25, -0.2) is 4.39 Å². The van der Waals surface area contributed by atoms with Crippen LogP contribution in [0, 0.1) is 12.7 Å². The summed E-state index contributed by atoms with van der Waals surface area (Å²) in [5.74, 6) is -0.217. The molecule has 3 rings (SSSR count). The second kappa shape index (κ2) is 7.07. The minimum Gasteiger partial charge on any atom is -0.505 e. The average Bonchev–Trinajstić information content (AvgIpc) is 2.85. The second-order valence-electron chi connectivity index (χ2n) is 6.28. The summed E-state index contributed by atoms with van der Waals surface area (Å²) in [6.07, 6.45) is 0.339. The number of amides is 1. The third-order valence-corrected chi connectivity index (χ3v) is 4.58. The van der Waals surface area contributed by atoms with Crippen molar-refractivity contribution in [3.8, 4) is 5.75 Å². The molecule has 1 aliphatic heterocycles. The van der Waals surface area contributed by atoms with Crippen molar-refractivity contribution in [2.24, 2.45) is 10.8 Å². The number of rotatable bonds is 5. The SMILES string of the molecule is CN/N=C(/N)Cc1c(C)c(O)c2n1CCN(Cc1ccc(F)cc1)C2=O. The molecule has 0 spiro atoms. The predicted octanol–water partition coefficient (Wildman–Crippen LogP) is 1.33. The fraction of sp³-hybridized carbons (Fsp3) is 0.333. The van der Waals surface area contributed by atoms with E-state index in [0.717, 1.165) is 11.3 Å². The van der Waals surface area contributed by atoms with Crippen LogP contribution in [0.3, 0.4) is 0 Å². The molecule has 26 heavy (non-hydrogen) atoms. The molecule has 1 aromatic carbocycles. The van der Waals surface area contributed by atoms with Gasteiger partial charge in [0, 0.05) is 44.4 Å². The van der Waals surface area contributed by atoms with Gasteiger partial charge in [-0.1, -0.05) is 12.1 Å². The lowest BCUT2D eigenvalue weighted by molar-refractivity contribution is 0.0685. The van der Waals surface area contributed by atoms with Crippen molar-refractivity contribution in [1.82, 2.24) is 14.9 Å². The van der Waals surface area contributed by atoms with E-state index in [2.05, 4.69) is 10.5 Å². The third kappa shape index (κ3) is 3.22. The zero-order chi connectivity index (χ0) is 18.8. The van der Waals surface area contributed by atoms with Crippen LogP contribution in [0.1, 0.15) is 27.3 Å². The maximum atomic E-state index is 13.1. The minimum absolute atomic E-state index is 0.0222. The lowest BCUT2D eigenvalue weighted by Crippen LogP contribution is -2.40. The van der Waals surface area contributed by atoms with Crippen LogP contribution in [0.15, 0.2) is 29.4 Å². The highest BCUT2D eigenvalue weighted by molar-refractivity contribution is 5.97. The number of fused-ring (bicyclic) bond motifs is 1. The number of carbonyl (C=O) groups is 1. The van der Waals surface area contributed by atoms with E-state index in [4.69, 9.17) is 5.73 Å². The summed E-state index contributed by atoms with van der Waals surface area (Å²) >= 11 is 0. The van der Waals surface area contributed by atoms with Gasteiger partial charge in [0.2, 0.25) is 0 Å². The molecule has 7 nitrogen and oxygen atoms in total. The molecule has 138 valence electrons. The van der Waals surface area contributed by atoms with E-state index < -0.39 is 0 Å². The van der Waals surface area contributed by atoms with Gasteiger partial charge in [0.25, 0.3) is 5.91 Å². The van der Waals surface area contributed by atoms with Crippen molar-refractivity contribution >= 4 is 11.7 Å². The zero-order valence-corrected chi connectivity index (χ0v) is 14.8. The van der Waals surface area contributed by atoms with E-state index in [1.54, 1.807) is 31.0 Å². The summed E-state index contributed by atoms with van der Waals surface area (Å²) in [5, 5.41) is 14.4. The fourth-order valence-electron chi connectivity index (χ4n) is 3.26. The van der Waals surface area contributed by atoms with Crippen molar-refractivity contribution in [2.75, 3.05) is 13.6 Å². The first-order chi connectivity index (χ1) is 12.4. The van der Waals surface area contributed by atoms with Crippen LogP contribution in [0.5, 0.6) is 5.75 Å². The van der Waals surface area contributed by atoms with Gasteiger partial charge in [-0.15, -0.1) is 0 Å². The average molecular weight is 359 g/mol. The van der Waals surface area contributed by atoms with Crippen molar-refractivity contribution in [2.45, 2.75) is 26.4 Å². The van der Waals surface area contributed by atoms with Gasteiger partial charge in [-0.05, 0) is 24.6 Å². The molecule has 0 atom stereocenters. The number of hydrazone groups is 1. The molecular weight excluding hydrogens is 337 g/mol. The summed E-state index contributed by atoms with van der Waals surface area (Å²) in [5.41, 5.74) is 11.0. The number of halogens is 1. The number of hydrogen-bond donors (Lipinski definition) is 3. The second-order valence-corrected chi connectivity index (χ2v) is 6.28.